The Hall–Kier alpha value is -0.540. The highest BCUT2D eigenvalue weighted by Gasteiger charge is 2.14. The van der Waals surface area contributed by atoms with Crippen LogP contribution in [0, 0.1) is 0 Å². The smallest absolute Gasteiger partial charge is 0.0744 e. The minimum atomic E-state index is 0.616. The Morgan fingerprint density at radius 2 is 1.84 bits per heavy atom. The van der Waals surface area contributed by atoms with Crippen LogP contribution in [-0.2, 0) is 11.3 Å². The predicted octanol–water partition coefficient (Wildman–Crippen LogP) is 5.12. The summed E-state index contributed by atoms with van der Waals surface area (Å²) >= 11 is 3.62. The van der Waals surface area contributed by atoms with E-state index in [4.69, 9.17) is 4.74 Å². The van der Waals surface area contributed by atoms with Crippen molar-refractivity contribution in [3.8, 4) is 0 Å². The van der Waals surface area contributed by atoms with E-state index in [1.54, 1.807) is 7.11 Å². The van der Waals surface area contributed by atoms with Crippen molar-refractivity contribution in [2.24, 2.45) is 0 Å². The first-order valence-electron chi connectivity index (χ1n) is 7.34. The maximum atomic E-state index is 5.31. The Morgan fingerprint density at radius 3 is 2.53 bits per heavy atom. The molecule has 0 bridgehead atoms. The average molecular weight is 326 g/mol. The Morgan fingerprint density at radius 1 is 1.16 bits per heavy atom. The lowest BCUT2D eigenvalue weighted by atomic mass is 9.96. The first-order valence-corrected chi connectivity index (χ1v) is 8.13. The van der Waals surface area contributed by atoms with Gasteiger partial charge in [-0.25, -0.2) is 0 Å². The van der Waals surface area contributed by atoms with Gasteiger partial charge >= 0.3 is 0 Å². The molecule has 0 spiro atoms. The minimum absolute atomic E-state index is 0.616. The lowest BCUT2D eigenvalue weighted by Crippen LogP contribution is -2.21. The van der Waals surface area contributed by atoms with Crippen LogP contribution in [0.1, 0.15) is 50.5 Å². The zero-order chi connectivity index (χ0) is 13.5. The highest BCUT2D eigenvalue weighted by atomic mass is 79.9. The average Bonchev–Trinajstić information content (AvgIpc) is 2.36. The lowest BCUT2D eigenvalue weighted by molar-refractivity contribution is 0.185. The fourth-order valence-corrected chi connectivity index (χ4v) is 3.29. The summed E-state index contributed by atoms with van der Waals surface area (Å²) in [5.74, 6) is 0. The molecule has 1 aliphatic rings. The lowest BCUT2D eigenvalue weighted by Gasteiger charge is -2.24. The molecular formula is C16H24BrNO. The highest BCUT2D eigenvalue weighted by Crippen LogP contribution is 2.28. The number of hydrogen-bond acceptors (Lipinski definition) is 2. The van der Waals surface area contributed by atoms with Crippen LogP contribution >= 0.6 is 15.9 Å². The number of methoxy groups -OCH3 is 1. The monoisotopic (exact) mass is 325 g/mol. The van der Waals surface area contributed by atoms with Crippen LogP contribution in [0.3, 0.4) is 0 Å². The summed E-state index contributed by atoms with van der Waals surface area (Å²) in [5, 5.41) is 3.73. The van der Waals surface area contributed by atoms with Gasteiger partial charge in [0.15, 0.2) is 0 Å². The molecule has 0 radical (unpaired) electrons. The van der Waals surface area contributed by atoms with Crippen LogP contribution in [0.5, 0.6) is 0 Å². The number of benzene rings is 1. The van der Waals surface area contributed by atoms with Crippen molar-refractivity contribution < 1.29 is 4.74 Å². The summed E-state index contributed by atoms with van der Waals surface area (Å²) < 4.78 is 6.44. The molecule has 0 heterocycles. The predicted molar refractivity (Wildman–Crippen MR) is 84.6 cm³/mol. The quantitative estimate of drug-likeness (QED) is 0.829. The molecule has 19 heavy (non-hydrogen) atoms. The number of halogens is 1. The molecule has 0 atom stereocenters. The molecule has 0 aromatic heterocycles. The van der Waals surface area contributed by atoms with Gasteiger partial charge in [0.25, 0.3) is 0 Å². The molecular weight excluding hydrogens is 302 g/mol. The second-order valence-corrected chi connectivity index (χ2v) is 6.24. The number of ether oxygens (including phenoxy) is 1. The summed E-state index contributed by atoms with van der Waals surface area (Å²) in [6.07, 6.45) is 9.48. The van der Waals surface area contributed by atoms with E-state index in [2.05, 4.69) is 39.4 Å². The third-order valence-corrected chi connectivity index (χ3v) is 4.62. The number of rotatable bonds is 4. The van der Waals surface area contributed by atoms with Crippen molar-refractivity contribution in [2.75, 3.05) is 12.4 Å². The van der Waals surface area contributed by atoms with Crippen LogP contribution < -0.4 is 5.32 Å². The van der Waals surface area contributed by atoms with Crippen molar-refractivity contribution in [3.63, 3.8) is 0 Å². The fraction of sp³-hybridized carbons (Fsp3) is 0.625. The van der Waals surface area contributed by atoms with Gasteiger partial charge in [0.05, 0.1) is 6.61 Å². The van der Waals surface area contributed by atoms with Crippen molar-refractivity contribution in [2.45, 2.75) is 57.6 Å². The maximum absolute atomic E-state index is 5.31. The molecule has 1 saturated carbocycles. The zero-order valence-corrected chi connectivity index (χ0v) is 13.3. The van der Waals surface area contributed by atoms with Crippen molar-refractivity contribution >= 4 is 21.6 Å². The Balaban J connectivity index is 2.06. The van der Waals surface area contributed by atoms with Crippen LogP contribution in [0.25, 0.3) is 0 Å². The molecule has 106 valence electrons. The minimum Gasteiger partial charge on any atom is -0.382 e. The topological polar surface area (TPSA) is 21.3 Å². The Kier molecular flexibility index (Phi) is 6.18. The second kappa shape index (κ2) is 7.91. The van der Waals surface area contributed by atoms with Gasteiger partial charge in [0.2, 0.25) is 0 Å². The van der Waals surface area contributed by atoms with E-state index in [1.807, 2.05) is 0 Å². The molecule has 1 N–H and O–H groups in total. The van der Waals surface area contributed by atoms with E-state index in [-0.39, 0.29) is 0 Å². The second-order valence-electron chi connectivity index (χ2n) is 5.39. The van der Waals surface area contributed by atoms with Crippen LogP contribution in [0.4, 0.5) is 5.69 Å². The molecule has 2 rings (SSSR count). The number of anilines is 1. The zero-order valence-electron chi connectivity index (χ0n) is 11.8. The summed E-state index contributed by atoms with van der Waals surface area (Å²) in [5.41, 5.74) is 2.45. The van der Waals surface area contributed by atoms with Crippen LogP contribution in [-0.4, -0.2) is 13.2 Å². The van der Waals surface area contributed by atoms with E-state index in [0.29, 0.717) is 12.6 Å². The molecule has 0 unspecified atom stereocenters. The number of hydrogen-bond donors (Lipinski definition) is 1. The molecule has 0 aliphatic heterocycles. The normalized spacial score (nSPS) is 17.8. The van der Waals surface area contributed by atoms with E-state index in [9.17, 15) is 0 Å². The highest BCUT2D eigenvalue weighted by molar-refractivity contribution is 9.10. The Labute approximate surface area is 125 Å². The van der Waals surface area contributed by atoms with Gasteiger partial charge in [-0.05, 0) is 25.0 Å². The third-order valence-electron chi connectivity index (χ3n) is 3.87. The first-order chi connectivity index (χ1) is 9.31. The molecule has 3 heteroatoms. The molecule has 2 nitrogen and oxygen atoms in total. The van der Waals surface area contributed by atoms with Gasteiger partial charge in [-0.3, -0.25) is 0 Å². The summed E-state index contributed by atoms with van der Waals surface area (Å²) in [6.45, 7) is 0.649. The van der Waals surface area contributed by atoms with Crippen molar-refractivity contribution in [3.05, 3.63) is 28.2 Å². The Bertz CT molecular complexity index is 386. The molecule has 1 fully saturated rings. The van der Waals surface area contributed by atoms with E-state index >= 15 is 0 Å². The molecule has 1 aromatic carbocycles. The summed E-state index contributed by atoms with van der Waals surface area (Å²) in [7, 11) is 1.75. The fourth-order valence-electron chi connectivity index (χ4n) is 2.81. The SMILES string of the molecule is COCc1c(Br)cccc1NC1CCCCCCC1. The van der Waals surface area contributed by atoms with Crippen LogP contribution in [0.2, 0.25) is 0 Å². The first kappa shape index (κ1) is 14.9. The van der Waals surface area contributed by atoms with Gasteiger partial charge in [-0.2, -0.15) is 0 Å². The van der Waals surface area contributed by atoms with Crippen LogP contribution in [0.15, 0.2) is 22.7 Å². The van der Waals surface area contributed by atoms with Gasteiger partial charge in [-0.15, -0.1) is 0 Å². The van der Waals surface area contributed by atoms with Crippen molar-refractivity contribution in [1.82, 2.24) is 0 Å². The van der Waals surface area contributed by atoms with E-state index < -0.39 is 0 Å². The number of nitrogens with one attached hydrogen (secondary N) is 1. The summed E-state index contributed by atoms with van der Waals surface area (Å²) in [4.78, 5) is 0. The van der Waals surface area contributed by atoms with Gasteiger partial charge in [0.1, 0.15) is 0 Å². The largest absolute Gasteiger partial charge is 0.382 e. The molecule has 1 aliphatic carbocycles. The van der Waals surface area contributed by atoms with Crippen molar-refractivity contribution in [1.29, 1.82) is 0 Å². The summed E-state index contributed by atoms with van der Waals surface area (Å²) in [6, 6.07) is 6.95. The molecule has 0 amide bonds. The standard InChI is InChI=1S/C16H24BrNO/c1-19-12-14-15(17)10-7-11-16(14)18-13-8-5-3-2-4-6-9-13/h7,10-11,13,18H,2-6,8-9,12H2,1H3. The van der Waals surface area contributed by atoms with E-state index in [1.165, 1.54) is 56.2 Å². The van der Waals surface area contributed by atoms with E-state index in [0.717, 1.165) is 4.47 Å². The third kappa shape index (κ3) is 4.50. The molecule has 1 aromatic rings. The maximum Gasteiger partial charge on any atom is 0.0744 e. The van der Waals surface area contributed by atoms with Gasteiger partial charge in [-0.1, -0.05) is 54.1 Å². The van der Waals surface area contributed by atoms with Gasteiger partial charge in [0, 0.05) is 28.9 Å². The van der Waals surface area contributed by atoms with Gasteiger partial charge < -0.3 is 10.1 Å². The molecule has 0 saturated heterocycles.